The molecule has 3 rings (SSSR count). The lowest BCUT2D eigenvalue weighted by Crippen LogP contribution is -2.32. The maximum Gasteiger partial charge on any atom is 0.257 e. The SMILES string of the molecule is CC(C)CNC(=O)COc1cc2ccccc2cc1C(=O)NCc1ccccc1. The number of nitrogens with one attached hydrogen (secondary N) is 2. The van der Waals surface area contributed by atoms with Gasteiger partial charge in [-0.25, -0.2) is 0 Å². The zero-order valence-corrected chi connectivity index (χ0v) is 16.8. The van der Waals surface area contributed by atoms with E-state index in [0.29, 0.717) is 30.3 Å². The monoisotopic (exact) mass is 390 g/mol. The maximum atomic E-state index is 12.9. The van der Waals surface area contributed by atoms with Crippen LogP contribution in [0.15, 0.2) is 66.7 Å². The summed E-state index contributed by atoms with van der Waals surface area (Å²) in [6.07, 6.45) is 0. The third-order valence-corrected chi connectivity index (χ3v) is 4.45. The number of rotatable bonds is 8. The molecule has 0 radical (unpaired) electrons. The lowest BCUT2D eigenvalue weighted by Gasteiger charge is -2.14. The highest BCUT2D eigenvalue weighted by atomic mass is 16.5. The largest absolute Gasteiger partial charge is 0.483 e. The minimum Gasteiger partial charge on any atom is -0.483 e. The summed E-state index contributed by atoms with van der Waals surface area (Å²) in [5.41, 5.74) is 1.42. The molecule has 0 aliphatic heterocycles. The second kappa shape index (κ2) is 9.73. The Hall–Kier alpha value is -3.34. The maximum absolute atomic E-state index is 12.9. The Bertz CT molecular complexity index is 984. The summed E-state index contributed by atoms with van der Waals surface area (Å²) in [5.74, 6) is 0.313. The first kappa shape index (κ1) is 20.4. The lowest BCUT2D eigenvalue weighted by molar-refractivity contribution is -0.123. The predicted octanol–water partition coefficient (Wildman–Crippen LogP) is 3.92. The number of ether oxygens (including phenoxy) is 1. The third-order valence-electron chi connectivity index (χ3n) is 4.45. The fraction of sp³-hybridized carbons (Fsp3) is 0.250. The van der Waals surface area contributed by atoms with Gasteiger partial charge < -0.3 is 15.4 Å². The van der Waals surface area contributed by atoms with E-state index >= 15 is 0 Å². The summed E-state index contributed by atoms with van der Waals surface area (Å²) < 4.78 is 5.74. The first-order valence-corrected chi connectivity index (χ1v) is 9.77. The van der Waals surface area contributed by atoms with Crippen LogP contribution in [0.2, 0.25) is 0 Å². The Morgan fingerprint density at radius 3 is 2.24 bits per heavy atom. The zero-order chi connectivity index (χ0) is 20.6. The van der Waals surface area contributed by atoms with Gasteiger partial charge in [0.15, 0.2) is 6.61 Å². The van der Waals surface area contributed by atoms with Crippen LogP contribution < -0.4 is 15.4 Å². The molecule has 0 spiro atoms. The number of carbonyl (C=O) groups is 2. The molecule has 2 N–H and O–H groups in total. The van der Waals surface area contributed by atoms with Gasteiger partial charge >= 0.3 is 0 Å². The molecular weight excluding hydrogens is 364 g/mol. The predicted molar refractivity (Wildman–Crippen MR) is 115 cm³/mol. The van der Waals surface area contributed by atoms with Crippen LogP contribution in [0.25, 0.3) is 10.8 Å². The molecule has 5 heteroatoms. The van der Waals surface area contributed by atoms with Gasteiger partial charge in [-0.05, 0) is 34.4 Å². The zero-order valence-electron chi connectivity index (χ0n) is 16.8. The van der Waals surface area contributed by atoms with E-state index < -0.39 is 0 Å². The molecule has 0 fully saturated rings. The fourth-order valence-corrected chi connectivity index (χ4v) is 2.90. The molecule has 3 aromatic carbocycles. The molecule has 0 aliphatic rings. The van der Waals surface area contributed by atoms with Crippen LogP contribution in [0, 0.1) is 5.92 Å². The highest BCUT2D eigenvalue weighted by molar-refractivity contribution is 6.01. The van der Waals surface area contributed by atoms with Crippen LogP contribution in [0.3, 0.4) is 0 Å². The standard InChI is InChI=1S/C24H26N2O3/c1-17(2)14-25-23(27)16-29-22-13-20-11-7-6-10-19(20)12-21(22)24(28)26-15-18-8-4-3-5-9-18/h3-13,17H,14-16H2,1-2H3,(H,25,27)(H,26,28). The molecule has 3 aromatic rings. The van der Waals surface area contributed by atoms with Gasteiger partial charge in [0.25, 0.3) is 11.8 Å². The van der Waals surface area contributed by atoms with E-state index in [4.69, 9.17) is 4.74 Å². The molecule has 2 amide bonds. The van der Waals surface area contributed by atoms with Gasteiger partial charge in [-0.3, -0.25) is 9.59 Å². The summed E-state index contributed by atoms with van der Waals surface area (Å²) in [6.45, 7) is 4.93. The normalized spacial score (nSPS) is 10.7. The Morgan fingerprint density at radius 2 is 1.55 bits per heavy atom. The van der Waals surface area contributed by atoms with Crippen LogP contribution in [0.1, 0.15) is 29.8 Å². The Labute approximate surface area is 171 Å². The number of benzene rings is 3. The van der Waals surface area contributed by atoms with E-state index in [1.54, 1.807) is 6.07 Å². The molecule has 0 atom stereocenters. The number of hydrogen-bond donors (Lipinski definition) is 2. The molecule has 29 heavy (non-hydrogen) atoms. The van der Waals surface area contributed by atoms with Gasteiger partial charge in [-0.15, -0.1) is 0 Å². The van der Waals surface area contributed by atoms with E-state index in [2.05, 4.69) is 10.6 Å². The molecule has 150 valence electrons. The number of fused-ring (bicyclic) bond motifs is 1. The van der Waals surface area contributed by atoms with Crippen LogP contribution in [-0.4, -0.2) is 25.0 Å². The van der Waals surface area contributed by atoms with Crippen molar-refractivity contribution < 1.29 is 14.3 Å². The minimum atomic E-state index is -0.239. The Morgan fingerprint density at radius 1 is 0.897 bits per heavy atom. The topological polar surface area (TPSA) is 67.4 Å². The van der Waals surface area contributed by atoms with Crippen molar-refractivity contribution in [1.82, 2.24) is 10.6 Å². The number of hydrogen-bond acceptors (Lipinski definition) is 3. The van der Waals surface area contributed by atoms with Gasteiger partial charge in [0.1, 0.15) is 5.75 Å². The van der Waals surface area contributed by atoms with Crippen molar-refractivity contribution >= 4 is 22.6 Å². The molecule has 0 aliphatic carbocycles. The fourth-order valence-electron chi connectivity index (χ4n) is 2.90. The Kier molecular flexibility index (Phi) is 6.85. The lowest BCUT2D eigenvalue weighted by atomic mass is 10.1. The summed E-state index contributed by atoms with van der Waals surface area (Å²) in [6, 6.07) is 21.1. The summed E-state index contributed by atoms with van der Waals surface area (Å²) in [5, 5.41) is 7.64. The molecule has 0 unspecified atom stereocenters. The highest BCUT2D eigenvalue weighted by Gasteiger charge is 2.15. The second-order valence-corrected chi connectivity index (χ2v) is 7.35. The van der Waals surface area contributed by atoms with Crippen molar-refractivity contribution in [3.05, 3.63) is 77.9 Å². The molecule has 0 saturated carbocycles. The molecule has 5 nitrogen and oxygen atoms in total. The second-order valence-electron chi connectivity index (χ2n) is 7.35. The van der Waals surface area contributed by atoms with E-state index in [9.17, 15) is 9.59 Å². The minimum absolute atomic E-state index is 0.135. The van der Waals surface area contributed by atoms with Crippen molar-refractivity contribution in [1.29, 1.82) is 0 Å². The van der Waals surface area contributed by atoms with Gasteiger partial charge in [-0.1, -0.05) is 68.4 Å². The summed E-state index contributed by atoms with van der Waals surface area (Å²) >= 11 is 0. The van der Waals surface area contributed by atoms with Gasteiger partial charge in [-0.2, -0.15) is 0 Å². The first-order chi connectivity index (χ1) is 14.0. The van der Waals surface area contributed by atoms with Crippen LogP contribution in [0.4, 0.5) is 0 Å². The van der Waals surface area contributed by atoms with Gasteiger partial charge in [0.05, 0.1) is 5.56 Å². The molecule has 0 heterocycles. The van der Waals surface area contributed by atoms with Crippen molar-refractivity contribution in [3.63, 3.8) is 0 Å². The van der Waals surface area contributed by atoms with Crippen LogP contribution in [0.5, 0.6) is 5.75 Å². The van der Waals surface area contributed by atoms with Gasteiger partial charge in [0.2, 0.25) is 0 Å². The third kappa shape index (κ3) is 5.82. The summed E-state index contributed by atoms with van der Waals surface area (Å²) in [7, 11) is 0. The van der Waals surface area contributed by atoms with E-state index in [-0.39, 0.29) is 18.4 Å². The number of amides is 2. The van der Waals surface area contributed by atoms with Gasteiger partial charge in [0, 0.05) is 13.1 Å². The van der Waals surface area contributed by atoms with Crippen LogP contribution >= 0.6 is 0 Å². The highest BCUT2D eigenvalue weighted by Crippen LogP contribution is 2.26. The van der Waals surface area contributed by atoms with E-state index in [0.717, 1.165) is 16.3 Å². The summed E-state index contributed by atoms with van der Waals surface area (Å²) in [4.78, 5) is 24.9. The van der Waals surface area contributed by atoms with Crippen molar-refractivity contribution in [2.45, 2.75) is 20.4 Å². The average molecular weight is 390 g/mol. The quantitative estimate of drug-likeness (QED) is 0.613. The van der Waals surface area contributed by atoms with Crippen molar-refractivity contribution in [2.24, 2.45) is 5.92 Å². The Balaban J connectivity index is 1.77. The smallest absolute Gasteiger partial charge is 0.257 e. The van der Waals surface area contributed by atoms with Crippen molar-refractivity contribution in [3.8, 4) is 5.75 Å². The molecule has 0 aromatic heterocycles. The molecule has 0 saturated heterocycles. The average Bonchev–Trinajstić information content (AvgIpc) is 2.74. The molecular formula is C24H26N2O3. The van der Waals surface area contributed by atoms with E-state index in [1.807, 2.05) is 74.5 Å². The van der Waals surface area contributed by atoms with Crippen molar-refractivity contribution in [2.75, 3.05) is 13.2 Å². The number of carbonyl (C=O) groups excluding carboxylic acids is 2. The van der Waals surface area contributed by atoms with E-state index in [1.165, 1.54) is 0 Å². The van der Waals surface area contributed by atoms with Crippen LogP contribution in [-0.2, 0) is 11.3 Å². The first-order valence-electron chi connectivity index (χ1n) is 9.77. The molecule has 0 bridgehead atoms.